The van der Waals surface area contributed by atoms with E-state index in [2.05, 4.69) is 42.3 Å². The monoisotopic (exact) mass is 407 g/mol. The molecular weight excluding hydrogens is 398 g/mol. The molecule has 0 unspecified atom stereocenters. The molecule has 1 N–H and O–H groups in total. The molecule has 5 nitrogen and oxygen atoms in total. The molecule has 19 heavy (non-hydrogen) atoms. The molecule has 0 aliphatic heterocycles. The van der Waals surface area contributed by atoms with Crippen molar-refractivity contribution in [2.24, 2.45) is 7.05 Å². The summed E-state index contributed by atoms with van der Waals surface area (Å²) in [7, 11) is 3.37. The summed E-state index contributed by atoms with van der Waals surface area (Å²) in [4.78, 5) is 12.6. The third-order valence-electron chi connectivity index (χ3n) is 2.40. The fraction of sp³-hybridized carbons (Fsp3) is 0.273. The van der Waals surface area contributed by atoms with Gasteiger partial charge in [-0.25, -0.2) is 4.68 Å². The van der Waals surface area contributed by atoms with Crippen molar-refractivity contribution in [2.45, 2.75) is 6.54 Å². The second-order valence-electron chi connectivity index (χ2n) is 3.72. The predicted octanol–water partition coefficient (Wildman–Crippen LogP) is 2.95. The standard InChI is InChI=1S/C11H11Br2N3O2S/c1-16-9(18-2)3-6(15-16)5-14-11(17)8-4-7(12)10(13)19-8/h3-4H,5H2,1-2H3,(H,14,17). The molecule has 102 valence electrons. The summed E-state index contributed by atoms with van der Waals surface area (Å²) < 4.78 is 8.52. The Balaban J connectivity index is 2.00. The van der Waals surface area contributed by atoms with Crippen LogP contribution in [0.25, 0.3) is 0 Å². The Hall–Kier alpha value is -0.860. The molecule has 0 aromatic carbocycles. The number of aromatic nitrogens is 2. The van der Waals surface area contributed by atoms with Gasteiger partial charge in [0.05, 0.1) is 28.0 Å². The number of halogens is 2. The van der Waals surface area contributed by atoms with Gasteiger partial charge in [0.1, 0.15) is 0 Å². The summed E-state index contributed by atoms with van der Waals surface area (Å²) in [6, 6.07) is 3.57. The first-order chi connectivity index (χ1) is 9.01. The van der Waals surface area contributed by atoms with Crippen molar-refractivity contribution >= 4 is 49.1 Å². The van der Waals surface area contributed by atoms with Crippen molar-refractivity contribution in [2.75, 3.05) is 7.11 Å². The Bertz CT molecular complexity index is 590. The summed E-state index contributed by atoms with van der Waals surface area (Å²) in [6.07, 6.45) is 0. The topological polar surface area (TPSA) is 56.1 Å². The second kappa shape index (κ2) is 6.06. The van der Waals surface area contributed by atoms with E-state index in [1.54, 1.807) is 31.0 Å². The van der Waals surface area contributed by atoms with Crippen LogP contribution in [0.1, 0.15) is 15.4 Å². The molecule has 8 heteroatoms. The lowest BCUT2D eigenvalue weighted by molar-refractivity contribution is 0.0954. The molecule has 1 amide bonds. The zero-order chi connectivity index (χ0) is 14.0. The van der Waals surface area contributed by atoms with Gasteiger partial charge in [0, 0.05) is 17.6 Å². The SMILES string of the molecule is COc1cc(CNC(=O)c2cc(Br)c(Br)s2)nn1C. The minimum Gasteiger partial charge on any atom is -0.481 e. The number of amides is 1. The highest BCUT2D eigenvalue weighted by molar-refractivity contribution is 9.13. The van der Waals surface area contributed by atoms with Crippen molar-refractivity contribution in [3.05, 3.63) is 31.0 Å². The predicted molar refractivity (Wildman–Crippen MR) is 80.6 cm³/mol. The summed E-state index contributed by atoms with van der Waals surface area (Å²) in [6.45, 7) is 0.364. The Morgan fingerprint density at radius 1 is 1.53 bits per heavy atom. The van der Waals surface area contributed by atoms with Crippen molar-refractivity contribution in [3.63, 3.8) is 0 Å². The molecule has 0 aliphatic rings. The van der Waals surface area contributed by atoms with Gasteiger partial charge in [0.2, 0.25) is 5.88 Å². The highest BCUT2D eigenvalue weighted by Gasteiger charge is 2.12. The van der Waals surface area contributed by atoms with E-state index >= 15 is 0 Å². The van der Waals surface area contributed by atoms with Gasteiger partial charge >= 0.3 is 0 Å². The van der Waals surface area contributed by atoms with E-state index in [0.29, 0.717) is 17.3 Å². The molecule has 0 spiro atoms. The number of carbonyl (C=O) groups is 1. The molecule has 0 fully saturated rings. The van der Waals surface area contributed by atoms with Crippen LogP contribution in [0.3, 0.4) is 0 Å². The van der Waals surface area contributed by atoms with Gasteiger partial charge in [-0.1, -0.05) is 0 Å². The number of methoxy groups -OCH3 is 1. The first-order valence-corrected chi connectivity index (χ1v) is 7.71. The summed E-state index contributed by atoms with van der Waals surface area (Å²) >= 11 is 8.09. The van der Waals surface area contributed by atoms with Gasteiger partial charge in [-0.15, -0.1) is 11.3 Å². The third-order valence-corrected chi connectivity index (χ3v) is 5.65. The fourth-order valence-electron chi connectivity index (χ4n) is 1.50. The van der Waals surface area contributed by atoms with Crippen LogP contribution in [0.4, 0.5) is 0 Å². The lowest BCUT2D eigenvalue weighted by Gasteiger charge is -1.99. The van der Waals surface area contributed by atoms with Crippen LogP contribution >= 0.6 is 43.2 Å². The zero-order valence-corrected chi connectivity index (χ0v) is 14.2. The van der Waals surface area contributed by atoms with E-state index < -0.39 is 0 Å². The highest BCUT2D eigenvalue weighted by Crippen LogP contribution is 2.32. The molecule has 0 atom stereocenters. The fourth-order valence-corrected chi connectivity index (χ4v) is 3.45. The van der Waals surface area contributed by atoms with Crippen LogP contribution in [-0.4, -0.2) is 22.8 Å². The number of carbonyl (C=O) groups excluding carboxylic acids is 1. The summed E-state index contributed by atoms with van der Waals surface area (Å²) in [5, 5.41) is 7.05. The van der Waals surface area contributed by atoms with Crippen molar-refractivity contribution in [1.29, 1.82) is 0 Å². The molecule has 2 heterocycles. The number of nitrogens with zero attached hydrogens (tertiary/aromatic N) is 2. The third kappa shape index (κ3) is 3.37. The second-order valence-corrected chi connectivity index (χ2v) is 6.94. The van der Waals surface area contributed by atoms with Gasteiger partial charge in [-0.05, 0) is 37.9 Å². The number of hydrogen-bond acceptors (Lipinski definition) is 4. The van der Waals surface area contributed by atoms with E-state index in [1.165, 1.54) is 11.3 Å². The molecule has 0 saturated heterocycles. The quantitative estimate of drug-likeness (QED) is 0.845. The smallest absolute Gasteiger partial charge is 0.261 e. The van der Waals surface area contributed by atoms with Crippen molar-refractivity contribution < 1.29 is 9.53 Å². The van der Waals surface area contributed by atoms with Crippen LogP contribution in [0.2, 0.25) is 0 Å². The molecule has 0 bridgehead atoms. The highest BCUT2D eigenvalue weighted by atomic mass is 79.9. The largest absolute Gasteiger partial charge is 0.481 e. The number of ether oxygens (including phenoxy) is 1. The lowest BCUT2D eigenvalue weighted by atomic mass is 10.4. The first kappa shape index (κ1) is 14.5. The number of thiophene rings is 1. The number of nitrogens with one attached hydrogen (secondary N) is 1. The van der Waals surface area contributed by atoms with Gasteiger partial charge in [0.15, 0.2) is 0 Å². The zero-order valence-electron chi connectivity index (χ0n) is 10.2. The summed E-state index contributed by atoms with van der Waals surface area (Å²) in [5.74, 6) is 0.534. The molecule has 0 radical (unpaired) electrons. The van der Waals surface area contributed by atoms with Crippen LogP contribution in [0.15, 0.2) is 20.4 Å². The van der Waals surface area contributed by atoms with E-state index in [4.69, 9.17) is 4.74 Å². The van der Waals surface area contributed by atoms with Gasteiger partial charge in [0.25, 0.3) is 5.91 Å². The Morgan fingerprint density at radius 3 is 2.79 bits per heavy atom. The summed E-state index contributed by atoms with van der Waals surface area (Å²) in [5.41, 5.74) is 0.752. The van der Waals surface area contributed by atoms with Crippen molar-refractivity contribution in [3.8, 4) is 5.88 Å². The maximum atomic E-state index is 11.9. The number of hydrogen-bond donors (Lipinski definition) is 1. The van der Waals surface area contributed by atoms with Crippen LogP contribution < -0.4 is 10.1 Å². The Morgan fingerprint density at radius 2 is 2.26 bits per heavy atom. The molecule has 2 aromatic rings. The Kier molecular flexibility index (Phi) is 4.64. The molecule has 2 aromatic heterocycles. The minimum atomic E-state index is -0.124. The minimum absolute atomic E-state index is 0.124. The van der Waals surface area contributed by atoms with Crippen LogP contribution in [0, 0.1) is 0 Å². The van der Waals surface area contributed by atoms with E-state index in [0.717, 1.165) is 14.0 Å². The Labute approximate surface area is 131 Å². The van der Waals surface area contributed by atoms with Crippen molar-refractivity contribution in [1.82, 2.24) is 15.1 Å². The molecule has 0 aliphatic carbocycles. The van der Waals surface area contributed by atoms with Gasteiger partial charge in [-0.2, -0.15) is 5.10 Å². The van der Waals surface area contributed by atoms with Crippen LogP contribution in [-0.2, 0) is 13.6 Å². The maximum absolute atomic E-state index is 11.9. The molecular formula is C11H11Br2N3O2S. The lowest BCUT2D eigenvalue weighted by Crippen LogP contribution is -2.22. The van der Waals surface area contributed by atoms with Gasteiger partial charge in [-0.3, -0.25) is 4.79 Å². The maximum Gasteiger partial charge on any atom is 0.261 e. The van der Waals surface area contributed by atoms with E-state index in [1.807, 2.05) is 0 Å². The van der Waals surface area contributed by atoms with Crippen LogP contribution in [0.5, 0.6) is 5.88 Å². The van der Waals surface area contributed by atoms with Gasteiger partial charge < -0.3 is 10.1 Å². The number of rotatable bonds is 4. The van der Waals surface area contributed by atoms with E-state index in [9.17, 15) is 4.79 Å². The molecule has 0 saturated carbocycles. The average Bonchev–Trinajstić information content (AvgIpc) is 2.90. The average molecular weight is 409 g/mol. The molecule has 2 rings (SSSR count). The normalized spacial score (nSPS) is 10.5. The van der Waals surface area contributed by atoms with E-state index in [-0.39, 0.29) is 5.91 Å². The first-order valence-electron chi connectivity index (χ1n) is 5.31. The number of aryl methyl sites for hydroxylation is 1.